The first kappa shape index (κ1) is 12.8. The maximum absolute atomic E-state index is 12.0. The van der Waals surface area contributed by atoms with E-state index in [1.807, 2.05) is 19.1 Å². The molecule has 1 aromatic carbocycles. The van der Waals surface area contributed by atoms with Crippen LogP contribution in [0.15, 0.2) is 29.1 Å². The lowest BCUT2D eigenvalue weighted by atomic mass is 10.0. The van der Waals surface area contributed by atoms with E-state index in [2.05, 4.69) is 9.97 Å². The summed E-state index contributed by atoms with van der Waals surface area (Å²) in [6.45, 7) is 1.82. The lowest BCUT2D eigenvalue weighted by molar-refractivity contribution is -0.117. The van der Waals surface area contributed by atoms with Crippen LogP contribution in [0, 0.1) is 6.92 Å². The van der Waals surface area contributed by atoms with Gasteiger partial charge in [-0.15, -0.1) is 0 Å². The van der Waals surface area contributed by atoms with Crippen LogP contribution in [0.3, 0.4) is 0 Å². The number of aryl methyl sites for hydroxylation is 1. The van der Waals surface area contributed by atoms with Crippen molar-refractivity contribution in [2.75, 3.05) is 0 Å². The Morgan fingerprint density at radius 1 is 1.42 bits per heavy atom. The summed E-state index contributed by atoms with van der Waals surface area (Å²) in [7, 11) is 0. The molecule has 0 bridgehead atoms. The fourth-order valence-electron chi connectivity index (χ4n) is 1.85. The van der Waals surface area contributed by atoms with Crippen molar-refractivity contribution in [3.63, 3.8) is 0 Å². The molecular weight excluding hydrogens is 246 g/mol. The number of amides is 1. The first-order valence-electron chi connectivity index (χ1n) is 5.65. The highest BCUT2D eigenvalue weighted by Gasteiger charge is 2.15. The van der Waals surface area contributed by atoms with Crippen LogP contribution in [0.1, 0.15) is 11.4 Å². The van der Waals surface area contributed by atoms with E-state index >= 15 is 0 Å². The van der Waals surface area contributed by atoms with E-state index in [1.165, 1.54) is 0 Å². The number of hydrogen-bond donors (Lipinski definition) is 3. The number of nitrogens with zero attached hydrogens (tertiary/aromatic N) is 1. The second kappa shape index (κ2) is 4.93. The Hall–Kier alpha value is -2.63. The smallest absolute Gasteiger partial charge is 0.262 e. The average molecular weight is 259 g/mol. The minimum absolute atomic E-state index is 0.0485. The molecule has 0 fully saturated rings. The molecule has 0 aliphatic rings. The minimum Gasteiger partial charge on any atom is -0.493 e. The number of hydrogen-bond acceptors (Lipinski definition) is 4. The molecule has 0 saturated carbocycles. The van der Waals surface area contributed by atoms with Gasteiger partial charge in [0.1, 0.15) is 11.4 Å². The van der Waals surface area contributed by atoms with Gasteiger partial charge in [-0.05, 0) is 18.1 Å². The average Bonchev–Trinajstić information content (AvgIpc) is 2.29. The molecule has 6 heteroatoms. The lowest BCUT2D eigenvalue weighted by Gasteiger charge is -2.07. The fraction of sp³-hybridized carbons (Fsp3) is 0.154. The summed E-state index contributed by atoms with van der Waals surface area (Å²) in [5.41, 5.74) is 6.04. The highest BCUT2D eigenvalue weighted by atomic mass is 16.3. The number of aromatic amines is 1. The first-order valence-corrected chi connectivity index (χ1v) is 5.65. The van der Waals surface area contributed by atoms with E-state index in [-0.39, 0.29) is 17.8 Å². The summed E-state index contributed by atoms with van der Waals surface area (Å²) in [5, 5.41) is 9.88. The summed E-state index contributed by atoms with van der Waals surface area (Å²) in [6, 6.07) is 7.14. The largest absolute Gasteiger partial charge is 0.493 e. The monoisotopic (exact) mass is 259 g/mol. The highest BCUT2D eigenvalue weighted by Crippen LogP contribution is 2.26. The number of carbonyl (C=O) groups excluding carboxylic acids is 1. The molecule has 0 unspecified atom stereocenters. The van der Waals surface area contributed by atoms with Gasteiger partial charge in [-0.25, -0.2) is 0 Å². The van der Waals surface area contributed by atoms with E-state index in [4.69, 9.17) is 5.73 Å². The maximum atomic E-state index is 12.0. The quantitative estimate of drug-likeness (QED) is 0.744. The van der Waals surface area contributed by atoms with Crippen molar-refractivity contribution in [2.24, 2.45) is 5.73 Å². The Labute approximate surface area is 108 Å². The van der Waals surface area contributed by atoms with Crippen LogP contribution in [0.2, 0.25) is 0 Å². The van der Waals surface area contributed by atoms with E-state index in [0.717, 1.165) is 5.56 Å². The Bertz CT molecular complexity index is 692. The van der Waals surface area contributed by atoms with Crippen LogP contribution in [0.25, 0.3) is 11.1 Å². The van der Waals surface area contributed by atoms with E-state index < -0.39 is 17.3 Å². The number of H-pyrrole nitrogens is 1. The molecule has 0 radical (unpaired) electrons. The topological polar surface area (TPSA) is 109 Å². The SMILES string of the molecule is Cc1ccccc1-c1c(O)nc(CC(N)=O)[nH]c1=O. The van der Waals surface area contributed by atoms with Gasteiger partial charge >= 0.3 is 0 Å². The summed E-state index contributed by atoms with van der Waals surface area (Å²) in [5.74, 6) is -0.993. The number of nitrogens with two attached hydrogens (primary N) is 1. The van der Waals surface area contributed by atoms with E-state index in [9.17, 15) is 14.7 Å². The molecule has 1 aromatic heterocycles. The predicted octanol–water partition coefficient (Wildman–Crippen LogP) is 0.479. The standard InChI is InChI=1S/C13H13N3O3/c1-7-4-2-3-5-8(7)11-12(18)15-10(6-9(14)17)16-13(11)19/h2-5H,6H2,1H3,(H2,14,17)(H2,15,16,18,19). The van der Waals surface area contributed by atoms with Crippen LogP contribution in [-0.4, -0.2) is 21.0 Å². The van der Waals surface area contributed by atoms with Gasteiger partial charge in [0.25, 0.3) is 5.56 Å². The number of aromatic hydroxyl groups is 1. The Morgan fingerprint density at radius 3 is 2.68 bits per heavy atom. The van der Waals surface area contributed by atoms with Crippen molar-refractivity contribution >= 4 is 5.91 Å². The van der Waals surface area contributed by atoms with Gasteiger partial charge in [0, 0.05) is 0 Å². The molecule has 1 amide bonds. The minimum atomic E-state index is -0.633. The van der Waals surface area contributed by atoms with Crippen molar-refractivity contribution in [1.82, 2.24) is 9.97 Å². The first-order chi connectivity index (χ1) is 8.99. The molecule has 0 spiro atoms. The summed E-state index contributed by atoms with van der Waals surface area (Å²) >= 11 is 0. The number of rotatable bonds is 3. The molecule has 19 heavy (non-hydrogen) atoms. The number of primary amides is 1. The Balaban J connectivity index is 2.58. The molecule has 4 N–H and O–H groups in total. The molecule has 1 heterocycles. The Kier molecular flexibility index (Phi) is 3.33. The van der Waals surface area contributed by atoms with Gasteiger partial charge in [0.05, 0.1) is 6.42 Å². The molecular formula is C13H13N3O3. The molecule has 2 aromatic rings. The zero-order valence-corrected chi connectivity index (χ0v) is 10.3. The molecule has 6 nitrogen and oxygen atoms in total. The van der Waals surface area contributed by atoms with Crippen LogP contribution >= 0.6 is 0 Å². The lowest BCUT2D eigenvalue weighted by Crippen LogP contribution is -2.20. The third-order valence-electron chi connectivity index (χ3n) is 2.71. The summed E-state index contributed by atoms with van der Waals surface area (Å²) < 4.78 is 0. The third-order valence-corrected chi connectivity index (χ3v) is 2.71. The normalized spacial score (nSPS) is 10.4. The van der Waals surface area contributed by atoms with Crippen molar-refractivity contribution in [3.05, 3.63) is 46.0 Å². The maximum Gasteiger partial charge on any atom is 0.262 e. The Morgan fingerprint density at radius 2 is 2.11 bits per heavy atom. The van der Waals surface area contributed by atoms with Gasteiger partial charge in [0.2, 0.25) is 11.8 Å². The molecule has 0 aliphatic heterocycles. The van der Waals surface area contributed by atoms with Gasteiger partial charge < -0.3 is 15.8 Å². The van der Waals surface area contributed by atoms with Crippen LogP contribution in [0.4, 0.5) is 0 Å². The number of nitrogens with one attached hydrogen (secondary N) is 1. The highest BCUT2D eigenvalue weighted by molar-refractivity contribution is 5.76. The molecule has 0 atom stereocenters. The summed E-state index contributed by atoms with van der Waals surface area (Å²) in [4.78, 5) is 29.0. The zero-order valence-electron chi connectivity index (χ0n) is 10.3. The number of aromatic nitrogens is 2. The molecule has 0 saturated heterocycles. The van der Waals surface area contributed by atoms with Crippen LogP contribution in [0.5, 0.6) is 5.88 Å². The number of carbonyl (C=O) groups is 1. The van der Waals surface area contributed by atoms with E-state index in [1.54, 1.807) is 12.1 Å². The van der Waals surface area contributed by atoms with Crippen molar-refractivity contribution in [2.45, 2.75) is 13.3 Å². The fourth-order valence-corrected chi connectivity index (χ4v) is 1.85. The summed E-state index contributed by atoms with van der Waals surface area (Å²) in [6.07, 6.45) is -0.225. The van der Waals surface area contributed by atoms with Gasteiger partial charge in [-0.1, -0.05) is 24.3 Å². The zero-order chi connectivity index (χ0) is 14.0. The molecule has 2 rings (SSSR count). The second-order valence-electron chi connectivity index (χ2n) is 4.17. The second-order valence-corrected chi connectivity index (χ2v) is 4.17. The third kappa shape index (κ3) is 2.62. The van der Waals surface area contributed by atoms with Crippen LogP contribution in [-0.2, 0) is 11.2 Å². The van der Waals surface area contributed by atoms with Crippen LogP contribution < -0.4 is 11.3 Å². The van der Waals surface area contributed by atoms with Gasteiger partial charge in [-0.3, -0.25) is 9.59 Å². The molecule has 98 valence electrons. The number of benzene rings is 1. The predicted molar refractivity (Wildman–Crippen MR) is 69.6 cm³/mol. The van der Waals surface area contributed by atoms with Crippen molar-refractivity contribution < 1.29 is 9.90 Å². The molecule has 0 aliphatic carbocycles. The van der Waals surface area contributed by atoms with Crippen molar-refractivity contribution in [3.8, 4) is 17.0 Å². The van der Waals surface area contributed by atoms with E-state index in [0.29, 0.717) is 5.56 Å². The van der Waals surface area contributed by atoms with Gasteiger partial charge in [0.15, 0.2) is 0 Å². The van der Waals surface area contributed by atoms with Crippen molar-refractivity contribution in [1.29, 1.82) is 0 Å². The van der Waals surface area contributed by atoms with Gasteiger partial charge in [-0.2, -0.15) is 4.98 Å².